The summed E-state index contributed by atoms with van der Waals surface area (Å²) in [7, 11) is 0. The van der Waals surface area contributed by atoms with Crippen molar-refractivity contribution in [3.05, 3.63) is 221 Å². The number of aromatic nitrogens is 2. The van der Waals surface area contributed by atoms with Crippen LogP contribution in [0, 0.1) is 41.5 Å². The number of aryl methyl sites for hydroxylation is 6. The molecular weight excluding hydrogens is 832 g/mol. The van der Waals surface area contributed by atoms with E-state index < -0.39 is 0 Å². The van der Waals surface area contributed by atoms with E-state index in [1.165, 1.54) is 160 Å². The van der Waals surface area contributed by atoms with Crippen LogP contribution in [0.5, 0.6) is 0 Å². The fraction of sp³-hybridized carbons (Fsp3) is 0.0909. The Balaban J connectivity index is 1.22. The maximum absolute atomic E-state index is 2.67. The molecule has 10 aromatic carbocycles. The second-order valence-corrected chi connectivity index (χ2v) is 20.0. The largest absolute Gasteiger partial charge is 0.310 e. The number of hydrogen-bond donors (Lipinski definition) is 0. The van der Waals surface area contributed by atoms with E-state index in [0.717, 1.165) is 0 Å². The van der Waals surface area contributed by atoms with Gasteiger partial charge in [-0.2, -0.15) is 0 Å². The molecule has 4 heterocycles. The Morgan fingerprint density at radius 2 is 0.884 bits per heavy atom. The van der Waals surface area contributed by atoms with E-state index in [1.807, 2.05) is 0 Å². The number of benzene rings is 10. The van der Waals surface area contributed by atoms with Crippen molar-refractivity contribution in [3.63, 3.8) is 0 Å². The van der Waals surface area contributed by atoms with Crippen molar-refractivity contribution in [2.24, 2.45) is 0 Å². The highest BCUT2D eigenvalue weighted by atomic mass is 15.0. The Kier molecular flexibility index (Phi) is 8.51. The molecule has 0 N–H and O–H groups in total. The van der Waals surface area contributed by atoms with Crippen molar-refractivity contribution >= 4 is 66.6 Å². The quantitative estimate of drug-likeness (QED) is 0.152. The highest BCUT2D eigenvalue weighted by molar-refractivity contribution is 7.01. The minimum absolute atomic E-state index is 0.0607. The summed E-state index contributed by atoms with van der Waals surface area (Å²) in [5, 5.41) is 6.42. The van der Waals surface area contributed by atoms with Gasteiger partial charge in [0.15, 0.2) is 0 Å². The van der Waals surface area contributed by atoms with Crippen LogP contribution in [0.15, 0.2) is 188 Å². The Hall–Kier alpha value is -8.14. The van der Waals surface area contributed by atoms with Crippen molar-refractivity contribution in [1.29, 1.82) is 0 Å². The van der Waals surface area contributed by atoms with Gasteiger partial charge in [0, 0.05) is 38.6 Å². The van der Waals surface area contributed by atoms with Crippen LogP contribution in [0.25, 0.3) is 111 Å². The smallest absolute Gasteiger partial charge is 0.253 e. The van der Waals surface area contributed by atoms with Gasteiger partial charge in [-0.05, 0) is 172 Å². The van der Waals surface area contributed by atoms with E-state index in [0.29, 0.717) is 0 Å². The third-order valence-electron chi connectivity index (χ3n) is 15.6. The summed E-state index contributed by atoms with van der Waals surface area (Å²) in [5.74, 6) is 0. The summed E-state index contributed by atoms with van der Waals surface area (Å²) in [6, 6.07) is 71.7. The Morgan fingerprint density at radius 3 is 1.54 bits per heavy atom. The van der Waals surface area contributed by atoms with Gasteiger partial charge >= 0.3 is 0 Å². The van der Waals surface area contributed by atoms with E-state index in [9.17, 15) is 0 Å². The first-order valence-corrected chi connectivity index (χ1v) is 24.5. The third kappa shape index (κ3) is 5.68. The molecule has 2 aliphatic heterocycles. The molecule has 0 bridgehead atoms. The lowest BCUT2D eigenvalue weighted by molar-refractivity contribution is 1.12. The summed E-state index contributed by atoms with van der Waals surface area (Å²) in [6.07, 6.45) is 0. The third-order valence-corrected chi connectivity index (χ3v) is 15.6. The predicted molar refractivity (Wildman–Crippen MR) is 295 cm³/mol. The Bertz CT molecular complexity index is 4120. The van der Waals surface area contributed by atoms with Gasteiger partial charge in [-0.15, -0.1) is 0 Å². The van der Waals surface area contributed by atoms with Crippen molar-refractivity contribution in [3.8, 4) is 67.1 Å². The second kappa shape index (κ2) is 14.7. The van der Waals surface area contributed by atoms with E-state index in [2.05, 4.69) is 239 Å². The summed E-state index contributed by atoms with van der Waals surface area (Å²) in [6.45, 7) is 13.5. The van der Waals surface area contributed by atoms with Crippen LogP contribution in [0.3, 0.4) is 0 Å². The Labute approximate surface area is 403 Å². The summed E-state index contributed by atoms with van der Waals surface area (Å²) in [4.78, 5) is 0. The monoisotopic (exact) mass is 880 g/mol. The Morgan fingerprint density at radius 1 is 0.333 bits per heavy atom. The normalized spacial score (nSPS) is 12.5. The average molecular weight is 881 g/mol. The standard InChI is InChI=1S/C66H49BN2/c1-38-28-40(3)59(41(4)29-38)48-26-27-56-52(33-48)53-34-50(60-42(5)30-39(2)31-43(60)6)35-55-65(53)68(56)57-36-49(44-18-10-7-11-19-44)37-58-63(57)67(55)62-51-25-17-16-24-47(51)32-54-61(45-20-12-8-13-21-45)64(69(58)66(54)62)46-22-14-9-15-23-46/h7-37H,1-6H3. The molecule has 0 amide bonds. The molecule has 0 saturated heterocycles. The summed E-state index contributed by atoms with van der Waals surface area (Å²) < 4.78 is 5.32. The molecule has 3 heteroatoms. The topological polar surface area (TPSA) is 9.86 Å². The summed E-state index contributed by atoms with van der Waals surface area (Å²) >= 11 is 0. The lowest BCUT2D eigenvalue weighted by Gasteiger charge is -2.35. The first-order valence-electron chi connectivity index (χ1n) is 24.5. The van der Waals surface area contributed by atoms with Crippen LogP contribution < -0.4 is 16.4 Å². The van der Waals surface area contributed by atoms with Crippen LogP contribution >= 0.6 is 0 Å². The van der Waals surface area contributed by atoms with Crippen molar-refractivity contribution in [1.82, 2.24) is 9.13 Å². The maximum atomic E-state index is 2.67. The van der Waals surface area contributed by atoms with Gasteiger partial charge < -0.3 is 9.13 Å². The van der Waals surface area contributed by atoms with Gasteiger partial charge in [-0.1, -0.05) is 163 Å². The molecule has 2 aliphatic rings. The molecule has 0 saturated carbocycles. The highest BCUT2D eigenvalue weighted by Gasteiger charge is 2.43. The van der Waals surface area contributed by atoms with Crippen LogP contribution in [0.1, 0.15) is 33.4 Å². The molecule has 2 nitrogen and oxygen atoms in total. The van der Waals surface area contributed by atoms with Gasteiger partial charge in [-0.3, -0.25) is 0 Å². The predicted octanol–water partition coefficient (Wildman–Crippen LogP) is 15.2. The molecule has 12 aromatic rings. The summed E-state index contributed by atoms with van der Waals surface area (Å²) in [5.41, 5.74) is 30.7. The van der Waals surface area contributed by atoms with Gasteiger partial charge in [0.2, 0.25) is 0 Å². The number of nitrogens with zero attached hydrogens (tertiary/aromatic N) is 2. The van der Waals surface area contributed by atoms with E-state index >= 15 is 0 Å². The van der Waals surface area contributed by atoms with E-state index in [1.54, 1.807) is 0 Å². The van der Waals surface area contributed by atoms with Crippen LogP contribution in [0.2, 0.25) is 0 Å². The molecule has 0 unspecified atom stereocenters. The molecular formula is C66H49BN2. The fourth-order valence-corrected chi connectivity index (χ4v) is 13.2. The minimum atomic E-state index is -0.0607. The second-order valence-electron chi connectivity index (χ2n) is 20.0. The number of rotatable bonds is 5. The molecule has 0 aliphatic carbocycles. The zero-order valence-electron chi connectivity index (χ0n) is 39.9. The van der Waals surface area contributed by atoms with Crippen molar-refractivity contribution < 1.29 is 0 Å². The van der Waals surface area contributed by atoms with Gasteiger partial charge in [0.1, 0.15) is 0 Å². The molecule has 0 fully saturated rings. The van der Waals surface area contributed by atoms with Gasteiger partial charge in [0.05, 0.1) is 16.7 Å². The van der Waals surface area contributed by atoms with Crippen molar-refractivity contribution in [2.75, 3.05) is 0 Å². The molecule has 0 atom stereocenters. The van der Waals surface area contributed by atoms with Crippen molar-refractivity contribution in [2.45, 2.75) is 41.5 Å². The van der Waals surface area contributed by atoms with E-state index in [-0.39, 0.29) is 6.71 Å². The zero-order chi connectivity index (χ0) is 46.4. The molecule has 2 aromatic heterocycles. The SMILES string of the molecule is Cc1cc(C)c(-c2ccc3c(c2)c2cc(-c4c(C)cc(C)cc4C)cc4c2n3-c2cc(-c3ccccc3)cc3c2B4c2c4ccccc4cc4c(-c5ccccc5)c(-c5ccccc5)n-3c24)c(C)c1. The average Bonchev–Trinajstić information content (AvgIpc) is 3.87. The highest BCUT2D eigenvalue weighted by Crippen LogP contribution is 2.48. The minimum Gasteiger partial charge on any atom is -0.310 e. The lowest BCUT2D eigenvalue weighted by atomic mass is 9.33. The first-order chi connectivity index (χ1) is 33.7. The van der Waals surface area contributed by atoms with Crippen LogP contribution in [-0.4, -0.2) is 15.8 Å². The molecule has 0 spiro atoms. The number of hydrogen-bond acceptors (Lipinski definition) is 0. The van der Waals surface area contributed by atoms with Crippen LogP contribution in [-0.2, 0) is 0 Å². The molecule has 326 valence electrons. The van der Waals surface area contributed by atoms with E-state index in [4.69, 9.17) is 0 Å². The lowest BCUT2D eigenvalue weighted by Crippen LogP contribution is -2.59. The van der Waals surface area contributed by atoms with Gasteiger partial charge in [-0.25, -0.2) is 0 Å². The zero-order valence-corrected chi connectivity index (χ0v) is 39.9. The van der Waals surface area contributed by atoms with Crippen LogP contribution in [0.4, 0.5) is 0 Å². The first kappa shape index (κ1) is 40.0. The molecule has 0 radical (unpaired) electrons. The molecule has 69 heavy (non-hydrogen) atoms. The number of fused-ring (bicyclic) bond motifs is 9. The van der Waals surface area contributed by atoms with Gasteiger partial charge in [0.25, 0.3) is 6.71 Å². The fourth-order valence-electron chi connectivity index (χ4n) is 13.2. The maximum Gasteiger partial charge on any atom is 0.253 e. The molecule has 14 rings (SSSR count).